The van der Waals surface area contributed by atoms with Crippen molar-refractivity contribution < 1.29 is 0 Å². The molecule has 1 fully saturated rings. The van der Waals surface area contributed by atoms with E-state index in [1.54, 1.807) is 0 Å². The second kappa shape index (κ2) is 6.21. The van der Waals surface area contributed by atoms with E-state index < -0.39 is 0 Å². The fraction of sp³-hybridized carbons (Fsp3) is 0.625. The third-order valence-electron chi connectivity index (χ3n) is 4.38. The van der Waals surface area contributed by atoms with Gasteiger partial charge in [-0.2, -0.15) is 0 Å². The van der Waals surface area contributed by atoms with Gasteiger partial charge in [0, 0.05) is 10.5 Å². The molecular weight excluding hydrogens is 286 g/mol. The van der Waals surface area contributed by atoms with E-state index in [0.717, 1.165) is 11.8 Å². The lowest BCUT2D eigenvalue weighted by Gasteiger charge is -2.33. The smallest absolute Gasteiger partial charge is 0.0346 e. The van der Waals surface area contributed by atoms with Crippen LogP contribution in [0.15, 0.2) is 22.7 Å². The molecule has 18 heavy (non-hydrogen) atoms. The lowest BCUT2D eigenvalue weighted by atomic mass is 9.77. The number of rotatable bonds is 3. The summed E-state index contributed by atoms with van der Waals surface area (Å²) in [4.78, 5) is 0. The Morgan fingerprint density at radius 3 is 2.44 bits per heavy atom. The maximum Gasteiger partial charge on any atom is 0.0346 e. The first-order chi connectivity index (χ1) is 8.61. The highest BCUT2D eigenvalue weighted by molar-refractivity contribution is 9.10. The van der Waals surface area contributed by atoms with Gasteiger partial charge < -0.3 is 5.32 Å². The molecule has 100 valence electrons. The lowest BCUT2D eigenvalue weighted by molar-refractivity contribution is 0.238. The third kappa shape index (κ3) is 3.16. The first-order valence-corrected chi connectivity index (χ1v) is 7.84. The van der Waals surface area contributed by atoms with E-state index in [1.165, 1.54) is 41.3 Å². The van der Waals surface area contributed by atoms with E-state index in [0.29, 0.717) is 6.04 Å². The zero-order chi connectivity index (χ0) is 13.1. The van der Waals surface area contributed by atoms with Crippen LogP contribution in [0.25, 0.3) is 0 Å². The fourth-order valence-corrected chi connectivity index (χ4v) is 3.40. The maximum absolute atomic E-state index is 3.58. The first kappa shape index (κ1) is 14.1. The largest absolute Gasteiger partial charge is 0.313 e. The number of hydrogen-bond donors (Lipinski definition) is 1. The van der Waals surface area contributed by atoms with Crippen molar-refractivity contribution in [3.63, 3.8) is 0 Å². The molecule has 0 heterocycles. The molecule has 1 nitrogen and oxygen atoms in total. The van der Waals surface area contributed by atoms with E-state index in [1.807, 2.05) is 0 Å². The highest BCUT2D eigenvalue weighted by atomic mass is 79.9. The molecule has 0 saturated heterocycles. The quantitative estimate of drug-likeness (QED) is 0.842. The summed E-state index contributed by atoms with van der Waals surface area (Å²) in [6, 6.07) is 7.28. The summed E-state index contributed by atoms with van der Waals surface area (Å²) in [5.41, 5.74) is 2.77. The normalized spacial score (nSPS) is 26.0. The zero-order valence-corrected chi connectivity index (χ0v) is 13.3. The van der Waals surface area contributed by atoms with Crippen LogP contribution in [0.4, 0.5) is 0 Å². The molecule has 1 atom stereocenters. The highest BCUT2D eigenvalue weighted by Crippen LogP contribution is 2.37. The van der Waals surface area contributed by atoms with Crippen molar-refractivity contribution in [2.45, 2.75) is 45.6 Å². The number of aryl methyl sites for hydroxylation is 1. The van der Waals surface area contributed by atoms with Gasteiger partial charge in [-0.1, -0.05) is 47.8 Å². The van der Waals surface area contributed by atoms with Crippen molar-refractivity contribution in [2.24, 2.45) is 11.8 Å². The molecule has 1 aromatic rings. The van der Waals surface area contributed by atoms with Crippen LogP contribution in [0, 0.1) is 18.8 Å². The van der Waals surface area contributed by atoms with Crippen molar-refractivity contribution >= 4 is 15.9 Å². The SMILES string of the molecule is CNC(c1ccc(Br)c(C)c1)C1CCC(C)CC1. The molecule has 1 aliphatic carbocycles. The number of benzene rings is 1. The minimum atomic E-state index is 0.518. The molecule has 0 aliphatic heterocycles. The Hall–Kier alpha value is -0.340. The third-order valence-corrected chi connectivity index (χ3v) is 5.27. The van der Waals surface area contributed by atoms with E-state index in [9.17, 15) is 0 Å². The molecule has 1 unspecified atom stereocenters. The fourth-order valence-electron chi connectivity index (χ4n) is 3.16. The Labute approximate surface area is 119 Å². The topological polar surface area (TPSA) is 12.0 Å². The van der Waals surface area contributed by atoms with E-state index in [4.69, 9.17) is 0 Å². The number of hydrogen-bond acceptors (Lipinski definition) is 1. The second-order valence-corrected chi connectivity index (χ2v) is 6.65. The van der Waals surface area contributed by atoms with Gasteiger partial charge in [-0.15, -0.1) is 0 Å². The molecule has 1 saturated carbocycles. The van der Waals surface area contributed by atoms with Gasteiger partial charge in [0.1, 0.15) is 0 Å². The zero-order valence-electron chi connectivity index (χ0n) is 11.7. The number of nitrogens with one attached hydrogen (secondary N) is 1. The Kier molecular flexibility index (Phi) is 4.85. The van der Waals surface area contributed by atoms with Gasteiger partial charge in [-0.3, -0.25) is 0 Å². The molecule has 0 spiro atoms. The average Bonchev–Trinajstić information content (AvgIpc) is 2.37. The first-order valence-electron chi connectivity index (χ1n) is 7.05. The van der Waals surface area contributed by atoms with E-state index in [2.05, 4.69) is 60.3 Å². The summed E-state index contributed by atoms with van der Waals surface area (Å²) in [5.74, 6) is 1.72. The minimum absolute atomic E-state index is 0.518. The lowest BCUT2D eigenvalue weighted by Crippen LogP contribution is -2.28. The summed E-state index contributed by atoms with van der Waals surface area (Å²) < 4.78 is 1.21. The van der Waals surface area contributed by atoms with Crippen molar-refractivity contribution in [2.75, 3.05) is 7.05 Å². The molecule has 2 heteroatoms. The molecule has 1 aliphatic rings. The minimum Gasteiger partial charge on any atom is -0.313 e. The van der Waals surface area contributed by atoms with Crippen LogP contribution in [-0.4, -0.2) is 7.05 Å². The van der Waals surface area contributed by atoms with Crippen molar-refractivity contribution in [3.8, 4) is 0 Å². The van der Waals surface area contributed by atoms with Crippen LogP contribution in [0.1, 0.15) is 49.8 Å². The van der Waals surface area contributed by atoms with Crippen LogP contribution >= 0.6 is 15.9 Å². The van der Waals surface area contributed by atoms with Gasteiger partial charge in [0.05, 0.1) is 0 Å². The molecule has 1 aromatic carbocycles. The van der Waals surface area contributed by atoms with Crippen molar-refractivity contribution in [1.29, 1.82) is 0 Å². The molecular formula is C16H24BrN. The van der Waals surface area contributed by atoms with Crippen molar-refractivity contribution in [1.82, 2.24) is 5.32 Å². The van der Waals surface area contributed by atoms with Crippen LogP contribution in [0.3, 0.4) is 0 Å². The standard InChI is InChI=1S/C16H24BrN/c1-11-4-6-13(7-5-11)16(18-3)14-8-9-15(17)12(2)10-14/h8-11,13,16,18H,4-7H2,1-3H3. The van der Waals surface area contributed by atoms with Crippen molar-refractivity contribution in [3.05, 3.63) is 33.8 Å². The number of halogens is 1. The predicted molar refractivity (Wildman–Crippen MR) is 81.8 cm³/mol. The summed E-state index contributed by atoms with van der Waals surface area (Å²) in [6.45, 7) is 4.55. The molecule has 0 bridgehead atoms. The van der Waals surface area contributed by atoms with Gasteiger partial charge in [0.2, 0.25) is 0 Å². The maximum atomic E-state index is 3.58. The van der Waals surface area contributed by atoms with Crippen LogP contribution in [0.2, 0.25) is 0 Å². The monoisotopic (exact) mass is 309 g/mol. The molecule has 0 aromatic heterocycles. The predicted octanol–water partition coefficient (Wildman–Crippen LogP) is 4.84. The summed E-state index contributed by atoms with van der Waals surface area (Å²) in [6.07, 6.45) is 5.50. The molecule has 1 N–H and O–H groups in total. The van der Waals surface area contributed by atoms with Gasteiger partial charge in [-0.05, 0) is 55.8 Å². The van der Waals surface area contributed by atoms with Gasteiger partial charge in [-0.25, -0.2) is 0 Å². The summed E-state index contributed by atoms with van der Waals surface area (Å²) in [5, 5.41) is 3.53. The second-order valence-electron chi connectivity index (χ2n) is 5.79. The Morgan fingerprint density at radius 2 is 1.89 bits per heavy atom. The van der Waals surface area contributed by atoms with Crippen LogP contribution < -0.4 is 5.32 Å². The van der Waals surface area contributed by atoms with Gasteiger partial charge in [0.25, 0.3) is 0 Å². The Bertz CT molecular complexity index is 394. The molecule has 2 rings (SSSR count). The highest BCUT2D eigenvalue weighted by Gasteiger charge is 2.26. The average molecular weight is 310 g/mol. The Balaban J connectivity index is 2.14. The summed E-state index contributed by atoms with van der Waals surface area (Å²) in [7, 11) is 2.10. The van der Waals surface area contributed by atoms with Gasteiger partial charge in [0.15, 0.2) is 0 Å². The van der Waals surface area contributed by atoms with Crippen LogP contribution in [0.5, 0.6) is 0 Å². The van der Waals surface area contributed by atoms with E-state index in [-0.39, 0.29) is 0 Å². The van der Waals surface area contributed by atoms with Crippen LogP contribution in [-0.2, 0) is 0 Å². The van der Waals surface area contributed by atoms with E-state index >= 15 is 0 Å². The molecule has 0 radical (unpaired) electrons. The Morgan fingerprint density at radius 1 is 1.22 bits per heavy atom. The summed E-state index contributed by atoms with van der Waals surface area (Å²) >= 11 is 3.58. The molecule has 0 amide bonds. The van der Waals surface area contributed by atoms with Gasteiger partial charge >= 0.3 is 0 Å².